The Labute approximate surface area is 130 Å². The molecule has 1 fully saturated rings. The van der Waals surface area contributed by atoms with Crippen molar-refractivity contribution in [2.75, 3.05) is 0 Å². The second-order valence-corrected chi connectivity index (χ2v) is 6.47. The van der Waals surface area contributed by atoms with Crippen molar-refractivity contribution in [3.63, 3.8) is 0 Å². The molecule has 21 heavy (non-hydrogen) atoms. The lowest BCUT2D eigenvalue weighted by Crippen LogP contribution is -1.95. The van der Waals surface area contributed by atoms with Crippen LogP contribution in [-0.4, -0.2) is 23.3 Å². The maximum atomic E-state index is 10.4. The molecule has 0 saturated carbocycles. The predicted octanol–water partition coefficient (Wildman–Crippen LogP) is 5.32. The molecule has 0 spiro atoms. The van der Waals surface area contributed by atoms with Crippen molar-refractivity contribution >= 4 is 5.97 Å². The lowest BCUT2D eigenvalue weighted by Gasteiger charge is -2.00. The Kier molecular flexibility index (Phi) is 10.6. The fourth-order valence-electron chi connectivity index (χ4n) is 2.96. The highest BCUT2D eigenvalue weighted by molar-refractivity contribution is 5.66. The number of unbranched alkanes of at least 4 members (excludes halogenated alkanes) is 9. The van der Waals surface area contributed by atoms with Crippen LogP contribution in [0.2, 0.25) is 0 Å². The summed E-state index contributed by atoms with van der Waals surface area (Å²) in [6.45, 7) is 2.26. The summed E-state index contributed by atoms with van der Waals surface area (Å²) in [6.07, 6.45) is 17.6. The number of carboxylic acid groups (broad SMARTS) is 1. The molecule has 3 nitrogen and oxygen atoms in total. The summed E-state index contributed by atoms with van der Waals surface area (Å²) in [5.74, 6) is -0.668. The van der Waals surface area contributed by atoms with Crippen LogP contribution in [-0.2, 0) is 9.53 Å². The van der Waals surface area contributed by atoms with E-state index in [4.69, 9.17) is 9.84 Å². The van der Waals surface area contributed by atoms with E-state index >= 15 is 0 Å². The van der Waals surface area contributed by atoms with Gasteiger partial charge in [0.1, 0.15) is 0 Å². The molecule has 1 aliphatic heterocycles. The van der Waals surface area contributed by atoms with Crippen molar-refractivity contribution in [3.05, 3.63) is 0 Å². The maximum Gasteiger partial charge on any atom is 0.303 e. The van der Waals surface area contributed by atoms with Gasteiger partial charge in [0.25, 0.3) is 0 Å². The van der Waals surface area contributed by atoms with Gasteiger partial charge in [-0.1, -0.05) is 71.1 Å². The molecule has 0 aromatic heterocycles. The summed E-state index contributed by atoms with van der Waals surface area (Å²) >= 11 is 0. The molecule has 0 bridgehead atoms. The quantitative estimate of drug-likeness (QED) is 0.329. The van der Waals surface area contributed by atoms with Gasteiger partial charge in [-0.3, -0.25) is 4.79 Å². The molecule has 0 radical (unpaired) electrons. The molecule has 0 amide bonds. The number of hydrogen-bond acceptors (Lipinski definition) is 2. The number of carboxylic acids is 1. The van der Waals surface area contributed by atoms with E-state index < -0.39 is 5.97 Å². The molecule has 0 aromatic rings. The van der Waals surface area contributed by atoms with Crippen LogP contribution in [0.3, 0.4) is 0 Å². The number of hydrogen-bond donors (Lipinski definition) is 1. The first-order valence-electron chi connectivity index (χ1n) is 9.11. The van der Waals surface area contributed by atoms with Gasteiger partial charge in [0, 0.05) is 6.42 Å². The molecule has 1 aliphatic rings. The second-order valence-electron chi connectivity index (χ2n) is 6.47. The van der Waals surface area contributed by atoms with Crippen LogP contribution in [0.25, 0.3) is 0 Å². The molecule has 0 aromatic carbocycles. The summed E-state index contributed by atoms with van der Waals surface area (Å²) < 4.78 is 5.73. The predicted molar refractivity (Wildman–Crippen MR) is 86.6 cm³/mol. The fourth-order valence-corrected chi connectivity index (χ4v) is 2.96. The van der Waals surface area contributed by atoms with Crippen molar-refractivity contribution in [1.29, 1.82) is 0 Å². The van der Waals surface area contributed by atoms with Crippen molar-refractivity contribution in [2.24, 2.45) is 0 Å². The Hall–Kier alpha value is -0.570. The zero-order chi connectivity index (χ0) is 15.3. The first kappa shape index (κ1) is 18.5. The molecular weight excluding hydrogens is 264 g/mol. The van der Waals surface area contributed by atoms with Gasteiger partial charge in [-0.15, -0.1) is 0 Å². The maximum absolute atomic E-state index is 10.4. The highest BCUT2D eigenvalue weighted by Gasteiger charge is 2.36. The Balaban J connectivity index is 1.77. The Morgan fingerprint density at radius 2 is 1.29 bits per heavy atom. The molecule has 2 atom stereocenters. The molecule has 0 aliphatic carbocycles. The van der Waals surface area contributed by atoms with E-state index in [2.05, 4.69) is 6.92 Å². The fraction of sp³-hybridized carbons (Fsp3) is 0.944. The van der Waals surface area contributed by atoms with E-state index in [-0.39, 0.29) is 0 Å². The van der Waals surface area contributed by atoms with Gasteiger partial charge in [0.2, 0.25) is 0 Å². The van der Waals surface area contributed by atoms with Gasteiger partial charge in [-0.05, 0) is 19.3 Å². The highest BCUT2D eigenvalue weighted by Crippen LogP contribution is 2.31. The topological polar surface area (TPSA) is 49.8 Å². The first-order chi connectivity index (χ1) is 10.2. The first-order valence-corrected chi connectivity index (χ1v) is 9.11. The van der Waals surface area contributed by atoms with E-state index in [1.54, 1.807) is 0 Å². The average Bonchev–Trinajstić information content (AvgIpc) is 3.20. The van der Waals surface area contributed by atoms with Gasteiger partial charge in [-0.25, -0.2) is 0 Å². The number of carbonyl (C=O) groups is 1. The number of epoxide rings is 1. The van der Waals surface area contributed by atoms with Crippen LogP contribution in [0.1, 0.15) is 96.8 Å². The second kappa shape index (κ2) is 12.0. The SMILES string of the molecule is CCCCCCCCC1O[C@H]1CCCCCCCC(=O)O. The van der Waals surface area contributed by atoms with Gasteiger partial charge in [-0.2, -0.15) is 0 Å². The van der Waals surface area contributed by atoms with Crippen molar-refractivity contribution < 1.29 is 14.6 Å². The van der Waals surface area contributed by atoms with Crippen LogP contribution in [0.5, 0.6) is 0 Å². The Morgan fingerprint density at radius 1 is 0.810 bits per heavy atom. The molecule has 1 rings (SSSR count). The lowest BCUT2D eigenvalue weighted by molar-refractivity contribution is -0.137. The van der Waals surface area contributed by atoms with E-state index in [9.17, 15) is 4.79 Å². The smallest absolute Gasteiger partial charge is 0.303 e. The molecule has 1 N–H and O–H groups in total. The highest BCUT2D eigenvalue weighted by atomic mass is 16.6. The third-order valence-electron chi connectivity index (χ3n) is 4.41. The molecule has 1 heterocycles. The summed E-state index contributed by atoms with van der Waals surface area (Å²) in [4.78, 5) is 10.4. The zero-order valence-corrected chi connectivity index (χ0v) is 13.8. The molecular formula is C18H34O3. The van der Waals surface area contributed by atoms with Crippen LogP contribution < -0.4 is 0 Å². The van der Waals surface area contributed by atoms with Crippen molar-refractivity contribution in [1.82, 2.24) is 0 Å². The van der Waals surface area contributed by atoms with E-state index in [0.717, 1.165) is 12.8 Å². The van der Waals surface area contributed by atoms with Crippen LogP contribution in [0.15, 0.2) is 0 Å². The lowest BCUT2D eigenvalue weighted by atomic mass is 10.0. The van der Waals surface area contributed by atoms with Gasteiger partial charge in [0.05, 0.1) is 12.2 Å². The minimum atomic E-state index is -0.668. The summed E-state index contributed by atoms with van der Waals surface area (Å²) in [5, 5.41) is 8.54. The minimum absolute atomic E-state index is 0.325. The summed E-state index contributed by atoms with van der Waals surface area (Å²) in [5.41, 5.74) is 0. The zero-order valence-electron chi connectivity index (χ0n) is 13.8. The van der Waals surface area contributed by atoms with E-state index in [1.807, 2.05) is 0 Å². The molecule has 3 heteroatoms. The molecule has 124 valence electrons. The third-order valence-corrected chi connectivity index (χ3v) is 4.41. The normalized spacial score (nSPS) is 20.6. The summed E-state index contributed by atoms with van der Waals surface area (Å²) in [6, 6.07) is 0. The number of aliphatic carboxylic acids is 1. The third kappa shape index (κ3) is 10.8. The number of rotatable bonds is 15. The standard InChI is InChI=1S/C18H34O3/c1-2-3-4-5-7-10-13-16-17(21-16)14-11-8-6-9-12-15-18(19)20/h16-17H,2-15H2,1H3,(H,19,20)/t16?,17-/m0/s1. The van der Waals surface area contributed by atoms with Crippen LogP contribution in [0.4, 0.5) is 0 Å². The molecule has 1 unspecified atom stereocenters. The van der Waals surface area contributed by atoms with Gasteiger partial charge >= 0.3 is 5.97 Å². The van der Waals surface area contributed by atoms with Gasteiger partial charge in [0.15, 0.2) is 0 Å². The average molecular weight is 298 g/mol. The number of ether oxygens (including phenoxy) is 1. The largest absolute Gasteiger partial charge is 0.481 e. The Morgan fingerprint density at radius 3 is 1.81 bits per heavy atom. The monoisotopic (exact) mass is 298 g/mol. The summed E-state index contributed by atoms with van der Waals surface area (Å²) in [7, 11) is 0. The van der Waals surface area contributed by atoms with Gasteiger partial charge < -0.3 is 9.84 Å². The minimum Gasteiger partial charge on any atom is -0.481 e. The van der Waals surface area contributed by atoms with E-state index in [0.29, 0.717) is 18.6 Å². The van der Waals surface area contributed by atoms with Crippen molar-refractivity contribution in [3.8, 4) is 0 Å². The van der Waals surface area contributed by atoms with Crippen molar-refractivity contribution in [2.45, 2.75) is 109 Å². The van der Waals surface area contributed by atoms with Crippen LogP contribution in [0, 0.1) is 0 Å². The van der Waals surface area contributed by atoms with Crippen LogP contribution >= 0.6 is 0 Å². The Bertz CT molecular complexity index is 265. The molecule has 1 saturated heterocycles. The van der Waals surface area contributed by atoms with E-state index in [1.165, 1.54) is 70.6 Å².